The third-order valence-electron chi connectivity index (χ3n) is 3.57. The van der Waals surface area contributed by atoms with Crippen molar-refractivity contribution in [3.8, 4) is 0 Å². The van der Waals surface area contributed by atoms with Crippen LogP contribution >= 0.6 is 0 Å². The zero-order valence-electron chi connectivity index (χ0n) is 14.2. The Bertz CT molecular complexity index is 1050. The molecular formula is C18H17N3O4S. The van der Waals surface area contributed by atoms with Crippen molar-refractivity contribution in [3.63, 3.8) is 0 Å². The molecule has 0 spiro atoms. The van der Waals surface area contributed by atoms with E-state index in [2.05, 4.69) is 10.3 Å². The third kappa shape index (κ3) is 3.81. The highest BCUT2D eigenvalue weighted by atomic mass is 32.2. The highest BCUT2D eigenvalue weighted by Crippen LogP contribution is 2.18. The van der Waals surface area contributed by atoms with Gasteiger partial charge < -0.3 is 9.73 Å². The number of benzene rings is 2. The van der Waals surface area contributed by atoms with E-state index in [1.165, 1.54) is 38.4 Å². The van der Waals surface area contributed by atoms with Gasteiger partial charge in [-0.15, -0.1) is 0 Å². The van der Waals surface area contributed by atoms with Crippen LogP contribution in [0.5, 0.6) is 0 Å². The minimum absolute atomic E-state index is 0.100. The average molecular weight is 371 g/mol. The standard InChI is InChI=1S/C18H17N3O4S/c1-21(2)26(23,24)14-7-5-6-13(12-14)19-17(22)10-11-18-20-15-8-3-4-9-16(15)25-18/h3-12H,1-2H3,(H,19,22)/b11-10+. The molecule has 0 fully saturated rings. The number of para-hydroxylation sites is 2. The molecule has 0 atom stereocenters. The van der Waals surface area contributed by atoms with E-state index >= 15 is 0 Å². The summed E-state index contributed by atoms with van der Waals surface area (Å²) in [4.78, 5) is 16.4. The summed E-state index contributed by atoms with van der Waals surface area (Å²) in [6.07, 6.45) is 2.73. The normalized spacial score (nSPS) is 12.1. The van der Waals surface area contributed by atoms with E-state index in [1.807, 2.05) is 18.2 Å². The van der Waals surface area contributed by atoms with Crippen LogP contribution in [0.4, 0.5) is 5.69 Å². The number of oxazole rings is 1. The van der Waals surface area contributed by atoms with Crippen molar-refractivity contribution < 1.29 is 17.6 Å². The molecule has 1 aromatic heterocycles. The second-order valence-corrected chi connectivity index (χ2v) is 7.81. The molecule has 8 heteroatoms. The number of fused-ring (bicyclic) bond motifs is 1. The summed E-state index contributed by atoms with van der Waals surface area (Å²) in [7, 11) is -0.670. The summed E-state index contributed by atoms with van der Waals surface area (Å²) in [6.45, 7) is 0. The van der Waals surface area contributed by atoms with Gasteiger partial charge >= 0.3 is 0 Å². The molecule has 26 heavy (non-hydrogen) atoms. The molecule has 1 amide bonds. The zero-order chi connectivity index (χ0) is 18.7. The van der Waals surface area contributed by atoms with E-state index in [9.17, 15) is 13.2 Å². The molecule has 0 unspecified atom stereocenters. The van der Waals surface area contributed by atoms with Crippen LogP contribution in [-0.2, 0) is 14.8 Å². The smallest absolute Gasteiger partial charge is 0.248 e. The lowest BCUT2D eigenvalue weighted by Crippen LogP contribution is -2.22. The molecule has 2 aromatic carbocycles. The monoisotopic (exact) mass is 371 g/mol. The number of amides is 1. The Labute approximate surface area is 151 Å². The molecule has 0 bridgehead atoms. The van der Waals surface area contributed by atoms with Gasteiger partial charge in [-0.2, -0.15) is 0 Å². The molecule has 0 aliphatic carbocycles. The van der Waals surface area contributed by atoms with Gasteiger partial charge in [-0.25, -0.2) is 17.7 Å². The summed E-state index contributed by atoms with van der Waals surface area (Å²) in [6, 6.07) is 13.3. The van der Waals surface area contributed by atoms with Gasteiger partial charge in [-0.05, 0) is 30.3 Å². The molecule has 0 saturated carbocycles. The fraction of sp³-hybridized carbons (Fsp3) is 0.111. The molecule has 7 nitrogen and oxygen atoms in total. The maximum atomic E-state index is 12.1. The first-order valence-electron chi connectivity index (χ1n) is 7.73. The Kier molecular flexibility index (Phi) is 4.88. The Morgan fingerprint density at radius 2 is 1.92 bits per heavy atom. The number of anilines is 1. The maximum absolute atomic E-state index is 12.1. The Hall–Kier alpha value is -2.97. The van der Waals surface area contributed by atoms with Gasteiger partial charge in [0.1, 0.15) is 5.52 Å². The lowest BCUT2D eigenvalue weighted by Gasteiger charge is -2.12. The van der Waals surface area contributed by atoms with Crippen LogP contribution in [0.2, 0.25) is 0 Å². The van der Waals surface area contributed by atoms with E-state index in [1.54, 1.807) is 18.2 Å². The van der Waals surface area contributed by atoms with E-state index in [0.717, 1.165) is 4.31 Å². The lowest BCUT2D eigenvalue weighted by molar-refractivity contribution is -0.111. The molecular weight excluding hydrogens is 354 g/mol. The van der Waals surface area contributed by atoms with Crippen LogP contribution in [0.25, 0.3) is 17.2 Å². The number of nitrogens with one attached hydrogen (secondary N) is 1. The summed E-state index contributed by atoms with van der Waals surface area (Å²) < 4.78 is 30.9. The summed E-state index contributed by atoms with van der Waals surface area (Å²) in [5.41, 5.74) is 1.71. The molecule has 134 valence electrons. The van der Waals surface area contributed by atoms with Crippen LogP contribution in [-0.4, -0.2) is 37.7 Å². The largest absolute Gasteiger partial charge is 0.437 e. The van der Waals surface area contributed by atoms with Crippen molar-refractivity contribution in [2.75, 3.05) is 19.4 Å². The summed E-state index contributed by atoms with van der Waals surface area (Å²) >= 11 is 0. The minimum Gasteiger partial charge on any atom is -0.437 e. The molecule has 3 aromatic rings. The number of hydrogen-bond donors (Lipinski definition) is 1. The Morgan fingerprint density at radius 3 is 2.65 bits per heavy atom. The summed E-state index contributed by atoms with van der Waals surface area (Å²) in [5.74, 6) is -0.114. The van der Waals surface area contributed by atoms with E-state index in [4.69, 9.17) is 4.42 Å². The molecule has 1 heterocycles. The highest BCUT2D eigenvalue weighted by Gasteiger charge is 2.17. The summed E-state index contributed by atoms with van der Waals surface area (Å²) in [5, 5.41) is 2.62. The third-order valence-corrected chi connectivity index (χ3v) is 5.38. The number of aromatic nitrogens is 1. The fourth-order valence-corrected chi connectivity index (χ4v) is 3.19. The second kappa shape index (κ2) is 7.11. The number of carbonyl (C=O) groups is 1. The molecule has 3 rings (SSSR count). The van der Waals surface area contributed by atoms with Gasteiger partial charge in [-0.3, -0.25) is 4.79 Å². The maximum Gasteiger partial charge on any atom is 0.248 e. The molecule has 0 saturated heterocycles. The van der Waals surface area contributed by atoms with Crippen molar-refractivity contribution in [2.24, 2.45) is 0 Å². The van der Waals surface area contributed by atoms with Crippen molar-refractivity contribution in [3.05, 3.63) is 60.5 Å². The fourth-order valence-electron chi connectivity index (χ4n) is 2.24. The predicted octanol–water partition coefficient (Wildman–Crippen LogP) is 2.73. The van der Waals surface area contributed by atoms with Crippen molar-refractivity contribution in [1.82, 2.24) is 9.29 Å². The van der Waals surface area contributed by atoms with Crippen molar-refractivity contribution in [1.29, 1.82) is 0 Å². The van der Waals surface area contributed by atoms with Gasteiger partial charge in [0.15, 0.2) is 5.58 Å². The molecule has 1 N–H and O–H groups in total. The molecule has 0 radical (unpaired) electrons. The van der Waals surface area contributed by atoms with E-state index in [0.29, 0.717) is 22.7 Å². The molecule has 0 aliphatic heterocycles. The first kappa shape index (κ1) is 17.8. The SMILES string of the molecule is CN(C)S(=O)(=O)c1cccc(NC(=O)/C=C/c2nc3ccccc3o2)c1. The zero-order valence-corrected chi connectivity index (χ0v) is 15.0. The lowest BCUT2D eigenvalue weighted by atomic mass is 10.3. The number of hydrogen-bond acceptors (Lipinski definition) is 5. The van der Waals surface area contributed by atoms with Crippen molar-refractivity contribution >= 4 is 38.8 Å². The first-order valence-corrected chi connectivity index (χ1v) is 9.17. The van der Waals surface area contributed by atoms with Gasteiger partial charge in [0.25, 0.3) is 0 Å². The quantitative estimate of drug-likeness (QED) is 0.696. The highest BCUT2D eigenvalue weighted by molar-refractivity contribution is 7.89. The number of sulfonamides is 1. The van der Waals surface area contributed by atoms with Crippen molar-refractivity contribution in [2.45, 2.75) is 4.90 Å². The van der Waals surface area contributed by atoms with Crippen LogP contribution in [0.3, 0.4) is 0 Å². The first-order chi connectivity index (χ1) is 12.4. The molecule has 0 aliphatic rings. The topological polar surface area (TPSA) is 92.5 Å². The number of carbonyl (C=O) groups excluding carboxylic acids is 1. The Morgan fingerprint density at radius 1 is 1.15 bits per heavy atom. The van der Waals surface area contributed by atoms with E-state index in [-0.39, 0.29) is 4.90 Å². The van der Waals surface area contributed by atoms with Crippen LogP contribution in [0.1, 0.15) is 5.89 Å². The van der Waals surface area contributed by atoms with E-state index < -0.39 is 15.9 Å². The number of nitrogens with zero attached hydrogens (tertiary/aromatic N) is 2. The van der Waals surface area contributed by atoms with Gasteiger partial charge in [-0.1, -0.05) is 18.2 Å². The van der Waals surface area contributed by atoms with Gasteiger partial charge in [0.05, 0.1) is 4.90 Å². The second-order valence-electron chi connectivity index (χ2n) is 5.66. The number of rotatable bonds is 5. The average Bonchev–Trinajstić information content (AvgIpc) is 3.03. The predicted molar refractivity (Wildman–Crippen MR) is 99.0 cm³/mol. The minimum atomic E-state index is -3.57. The van der Waals surface area contributed by atoms with Crippen LogP contribution < -0.4 is 5.32 Å². The van der Waals surface area contributed by atoms with Gasteiger partial charge in [0, 0.05) is 31.9 Å². The van der Waals surface area contributed by atoms with Crippen LogP contribution in [0.15, 0.2) is 63.9 Å². The Balaban J connectivity index is 1.74. The van der Waals surface area contributed by atoms with Gasteiger partial charge in [0.2, 0.25) is 21.8 Å². The van der Waals surface area contributed by atoms with Crippen LogP contribution in [0, 0.1) is 0 Å².